The normalized spacial score (nSPS) is 19.6. The molecule has 3 rings (SSSR count). The van der Waals surface area contributed by atoms with Crippen molar-refractivity contribution in [3.8, 4) is 11.9 Å². The van der Waals surface area contributed by atoms with Gasteiger partial charge in [0.1, 0.15) is 22.2 Å². The first-order valence-corrected chi connectivity index (χ1v) is 9.26. The van der Waals surface area contributed by atoms with Crippen molar-refractivity contribution in [2.75, 3.05) is 13.1 Å². The number of ether oxygens (including phenoxy) is 1. The maximum Gasteiger partial charge on any atom is 0.316 e. The van der Waals surface area contributed by atoms with Gasteiger partial charge in [0.15, 0.2) is 6.19 Å². The maximum absolute atomic E-state index is 12.9. The van der Waals surface area contributed by atoms with Crippen LogP contribution in [-0.4, -0.2) is 39.5 Å². The molecule has 0 fully saturated rings. The number of halogens is 2. The highest BCUT2D eigenvalue weighted by Crippen LogP contribution is 2.39. The van der Waals surface area contributed by atoms with Crippen molar-refractivity contribution in [3.05, 3.63) is 29.8 Å². The van der Waals surface area contributed by atoms with Crippen molar-refractivity contribution in [2.24, 2.45) is 4.99 Å². The van der Waals surface area contributed by atoms with E-state index in [0.29, 0.717) is 36.1 Å². The van der Waals surface area contributed by atoms with Gasteiger partial charge in [-0.05, 0) is 44.5 Å². The number of aliphatic imine (C=N–C) groups is 1. The van der Waals surface area contributed by atoms with Crippen molar-refractivity contribution in [3.63, 3.8) is 0 Å². The number of benzene rings is 1. The zero-order valence-corrected chi connectivity index (χ0v) is 15.1. The second-order valence-corrected chi connectivity index (χ2v) is 7.82. The summed E-state index contributed by atoms with van der Waals surface area (Å²) in [5, 5.41) is 11.5. The number of guanidine groups is 1. The van der Waals surface area contributed by atoms with Crippen molar-refractivity contribution in [2.45, 2.75) is 36.5 Å². The molecule has 0 saturated heterocycles. The van der Waals surface area contributed by atoms with Crippen molar-refractivity contribution in [1.29, 1.82) is 5.26 Å². The lowest BCUT2D eigenvalue weighted by Crippen LogP contribution is -2.43. The molecule has 0 aliphatic carbocycles. The number of nitrogens with one attached hydrogen (secondary N) is 1. The average molecular weight is 380 g/mol. The molecule has 1 aromatic rings. The topological polar surface area (TPSA) is 77.7 Å². The fraction of sp³-hybridized carbons (Fsp3) is 0.412. The fourth-order valence-corrected chi connectivity index (χ4v) is 3.61. The molecule has 2 aliphatic heterocycles. The summed E-state index contributed by atoms with van der Waals surface area (Å²) in [5.41, 5.74) is 0.594. The summed E-state index contributed by atoms with van der Waals surface area (Å²) in [4.78, 5) is 6.18. The van der Waals surface area contributed by atoms with E-state index in [0.717, 1.165) is 6.42 Å². The van der Waals surface area contributed by atoms with Crippen LogP contribution in [0, 0.1) is 11.5 Å². The van der Waals surface area contributed by atoms with E-state index in [4.69, 9.17) is 10.00 Å². The van der Waals surface area contributed by atoms with E-state index in [-0.39, 0.29) is 4.90 Å². The number of nitrogens with zero attached hydrogens (tertiary/aromatic N) is 3. The van der Waals surface area contributed by atoms with Crippen LogP contribution in [0.15, 0.2) is 34.2 Å². The Bertz CT molecular complexity index is 846. The average Bonchev–Trinajstić information content (AvgIpc) is 2.60. The van der Waals surface area contributed by atoms with Crippen molar-refractivity contribution >= 4 is 22.5 Å². The standard InChI is InChI=1S/C17H18F2N4O2S/c1-17(2)9-13(23-7-3-6-21-16(23)22-10-20)12-8-11(26(24)15(18)19)4-5-14(12)25-17/h4-5,8-9,15H,3,6-7H2,1-2H3,(H,21,22). The smallest absolute Gasteiger partial charge is 0.316 e. The van der Waals surface area contributed by atoms with Gasteiger partial charge < -0.3 is 9.64 Å². The number of alkyl halides is 2. The molecule has 0 amide bonds. The quantitative estimate of drug-likeness (QED) is 0.644. The third-order valence-corrected chi connectivity index (χ3v) is 5.04. The highest BCUT2D eigenvalue weighted by molar-refractivity contribution is 7.85. The predicted molar refractivity (Wildman–Crippen MR) is 93.9 cm³/mol. The van der Waals surface area contributed by atoms with Crippen molar-refractivity contribution in [1.82, 2.24) is 10.2 Å². The Hall–Kier alpha value is -2.47. The lowest BCUT2D eigenvalue weighted by atomic mass is 9.98. The second kappa shape index (κ2) is 7.03. The van der Waals surface area contributed by atoms with Crippen LogP contribution in [0.1, 0.15) is 25.8 Å². The summed E-state index contributed by atoms with van der Waals surface area (Å²) >= 11 is 0. The Morgan fingerprint density at radius 2 is 2.23 bits per heavy atom. The molecule has 0 saturated carbocycles. The van der Waals surface area contributed by atoms with Gasteiger partial charge in [0.25, 0.3) is 0 Å². The Kier molecular flexibility index (Phi) is 4.96. The molecule has 6 nitrogen and oxygen atoms in total. The van der Waals surface area contributed by atoms with Crippen LogP contribution in [0.5, 0.6) is 5.75 Å². The third-order valence-electron chi connectivity index (χ3n) is 3.99. The minimum Gasteiger partial charge on any atom is -0.483 e. The van der Waals surface area contributed by atoms with Crippen LogP contribution < -0.4 is 10.1 Å². The molecule has 2 aliphatic rings. The summed E-state index contributed by atoms with van der Waals surface area (Å²) < 4.78 is 43.5. The summed E-state index contributed by atoms with van der Waals surface area (Å²) in [5.74, 6) is -2.06. The molecule has 138 valence electrons. The van der Waals surface area contributed by atoms with Crippen molar-refractivity contribution < 1.29 is 17.7 Å². The molecule has 26 heavy (non-hydrogen) atoms. The first kappa shape index (κ1) is 18.3. The first-order chi connectivity index (χ1) is 12.3. The lowest BCUT2D eigenvalue weighted by molar-refractivity contribution is 0.155. The molecule has 0 bridgehead atoms. The van der Waals surface area contributed by atoms with Gasteiger partial charge in [-0.25, -0.2) is 4.21 Å². The van der Waals surface area contributed by atoms with Gasteiger partial charge in [-0.15, -0.1) is 0 Å². The lowest BCUT2D eigenvalue weighted by Gasteiger charge is -2.37. The van der Waals surface area contributed by atoms with Gasteiger partial charge in [-0.3, -0.25) is 10.3 Å². The molecule has 2 heterocycles. The largest absolute Gasteiger partial charge is 0.483 e. The molecule has 1 unspecified atom stereocenters. The van der Waals surface area contributed by atoms with Gasteiger partial charge in [0.2, 0.25) is 5.96 Å². The Labute approximate surface area is 152 Å². The van der Waals surface area contributed by atoms with Crippen LogP contribution in [0.4, 0.5) is 8.78 Å². The second-order valence-electron chi connectivity index (χ2n) is 6.40. The number of fused-ring (bicyclic) bond motifs is 1. The molecule has 0 spiro atoms. The van der Waals surface area contributed by atoms with E-state index in [1.165, 1.54) is 12.1 Å². The number of nitriles is 1. The SMILES string of the molecule is CC1(C)C=C(N2CCCN=C2NC#N)c2cc(S(=O)C(F)F)ccc2O1. The van der Waals surface area contributed by atoms with Gasteiger partial charge in [0.05, 0.1) is 5.70 Å². The number of hydrogen-bond acceptors (Lipinski definition) is 6. The van der Waals surface area contributed by atoms with Crippen LogP contribution in [0.2, 0.25) is 0 Å². The highest BCUT2D eigenvalue weighted by atomic mass is 32.2. The minimum absolute atomic E-state index is 0.0247. The molecular formula is C17H18F2N4O2S. The Balaban J connectivity index is 2.10. The van der Waals surface area contributed by atoms with Gasteiger partial charge >= 0.3 is 5.76 Å². The van der Waals surface area contributed by atoms with Gasteiger partial charge in [-0.2, -0.15) is 14.0 Å². The van der Waals surface area contributed by atoms with Crippen LogP contribution in [0.25, 0.3) is 5.70 Å². The monoisotopic (exact) mass is 380 g/mol. The zero-order chi connectivity index (χ0) is 18.9. The maximum atomic E-state index is 12.9. The highest BCUT2D eigenvalue weighted by Gasteiger charge is 2.32. The summed E-state index contributed by atoms with van der Waals surface area (Å²) in [6, 6.07) is 4.40. The van der Waals surface area contributed by atoms with E-state index in [9.17, 15) is 13.0 Å². The van der Waals surface area contributed by atoms with Gasteiger partial charge in [-0.1, -0.05) is 0 Å². The zero-order valence-electron chi connectivity index (χ0n) is 14.3. The molecule has 0 aromatic heterocycles. The van der Waals surface area contributed by atoms with Gasteiger partial charge in [0, 0.05) is 23.5 Å². The minimum atomic E-state index is -2.96. The van der Waals surface area contributed by atoms with E-state index < -0.39 is 22.2 Å². The molecule has 9 heteroatoms. The van der Waals surface area contributed by atoms with Crippen LogP contribution >= 0.6 is 0 Å². The first-order valence-electron chi connectivity index (χ1n) is 8.04. The van der Waals surface area contributed by atoms with Crippen LogP contribution in [0.3, 0.4) is 0 Å². The van der Waals surface area contributed by atoms with E-state index >= 15 is 0 Å². The molecular weight excluding hydrogens is 362 g/mol. The summed E-state index contributed by atoms with van der Waals surface area (Å²) in [7, 11) is -2.42. The number of hydrogen-bond donors (Lipinski definition) is 1. The molecule has 1 atom stereocenters. The molecule has 1 N–H and O–H groups in total. The van der Waals surface area contributed by atoms with E-state index in [2.05, 4.69) is 10.3 Å². The predicted octanol–water partition coefficient (Wildman–Crippen LogP) is 2.66. The molecule has 0 radical (unpaired) electrons. The third kappa shape index (κ3) is 3.55. The molecule has 1 aromatic carbocycles. The number of rotatable bonds is 3. The fourth-order valence-electron chi connectivity index (χ4n) is 2.97. The van der Waals surface area contributed by atoms with E-state index in [1.54, 1.807) is 6.07 Å². The Morgan fingerprint density at radius 3 is 2.92 bits per heavy atom. The van der Waals surface area contributed by atoms with Crippen LogP contribution in [-0.2, 0) is 10.8 Å². The Morgan fingerprint density at radius 1 is 1.46 bits per heavy atom. The van der Waals surface area contributed by atoms with E-state index in [1.807, 2.05) is 31.0 Å². The summed E-state index contributed by atoms with van der Waals surface area (Å²) in [6.07, 6.45) is 4.50. The summed E-state index contributed by atoms with van der Waals surface area (Å²) in [6.45, 7) is 4.95.